The fourth-order valence-electron chi connectivity index (χ4n) is 1.70. The summed E-state index contributed by atoms with van der Waals surface area (Å²) < 4.78 is 0. The van der Waals surface area contributed by atoms with Crippen LogP contribution in [0, 0.1) is 0 Å². The van der Waals surface area contributed by atoms with E-state index in [9.17, 15) is 9.59 Å². The molecule has 0 aliphatic rings. The van der Waals surface area contributed by atoms with Crippen LogP contribution in [0.4, 0.5) is 0 Å². The van der Waals surface area contributed by atoms with Gasteiger partial charge in [-0.15, -0.1) is 0 Å². The first-order valence-electron chi connectivity index (χ1n) is 6.07. The molecule has 2 N–H and O–H groups in total. The number of carbonyl (C=O) groups is 2. The highest BCUT2D eigenvalue weighted by molar-refractivity contribution is 5.73. The van der Waals surface area contributed by atoms with Crippen molar-refractivity contribution in [1.82, 2.24) is 10.6 Å². The van der Waals surface area contributed by atoms with E-state index in [0.717, 1.165) is 38.6 Å². The summed E-state index contributed by atoms with van der Waals surface area (Å²) in [5, 5.41) is 5.72. The second-order valence-electron chi connectivity index (χ2n) is 4.16. The third-order valence-electron chi connectivity index (χ3n) is 2.40. The molecule has 0 aliphatic heterocycles. The van der Waals surface area contributed by atoms with Gasteiger partial charge in [-0.1, -0.05) is 13.3 Å². The molecule has 1 unspecified atom stereocenters. The maximum absolute atomic E-state index is 10.9. The zero-order valence-electron chi connectivity index (χ0n) is 10.6. The molecule has 0 rings (SSSR count). The monoisotopic (exact) mass is 228 g/mol. The molecule has 0 aliphatic carbocycles. The van der Waals surface area contributed by atoms with Gasteiger partial charge in [-0.25, -0.2) is 0 Å². The topological polar surface area (TPSA) is 58.2 Å². The summed E-state index contributed by atoms with van der Waals surface area (Å²) in [4.78, 5) is 21.6. The summed E-state index contributed by atoms with van der Waals surface area (Å²) in [6, 6.07) is 0.292. The van der Waals surface area contributed by atoms with Gasteiger partial charge in [0.2, 0.25) is 11.8 Å². The van der Waals surface area contributed by atoms with Gasteiger partial charge in [0.05, 0.1) is 0 Å². The molecule has 94 valence electrons. The first-order valence-corrected chi connectivity index (χ1v) is 6.07. The Morgan fingerprint density at radius 3 is 2.25 bits per heavy atom. The summed E-state index contributed by atoms with van der Waals surface area (Å²) in [6.07, 6.45) is 5.11. The minimum absolute atomic E-state index is 0.0203. The Hall–Kier alpha value is -1.06. The summed E-state index contributed by atoms with van der Waals surface area (Å²) in [5.41, 5.74) is 0. The van der Waals surface area contributed by atoms with Crippen molar-refractivity contribution >= 4 is 11.8 Å². The fourth-order valence-corrected chi connectivity index (χ4v) is 1.70. The molecule has 2 amide bonds. The maximum atomic E-state index is 10.9. The van der Waals surface area contributed by atoms with Gasteiger partial charge in [0.25, 0.3) is 0 Å². The van der Waals surface area contributed by atoms with Crippen molar-refractivity contribution in [2.24, 2.45) is 0 Å². The van der Waals surface area contributed by atoms with E-state index in [1.807, 2.05) is 0 Å². The molecule has 0 aromatic rings. The smallest absolute Gasteiger partial charge is 0.217 e. The first kappa shape index (κ1) is 14.9. The molecule has 4 heteroatoms. The average Bonchev–Trinajstić information content (AvgIpc) is 2.16. The molecule has 0 saturated carbocycles. The van der Waals surface area contributed by atoms with Crippen LogP contribution in [0.15, 0.2) is 0 Å². The zero-order chi connectivity index (χ0) is 12.4. The lowest BCUT2D eigenvalue weighted by Gasteiger charge is -2.16. The maximum Gasteiger partial charge on any atom is 0.217 e. The second-order valence-corrected chi connectivity index (χ2v) is 4.16. The van der Waals surface area contributed by atoms with Crippen molar-refractivity contribution in [3.05, 3.63) is 0 Å². The lowest BCUT2D eigenvalue weighted by Crippen LogP contribution is -2.33. The predicted molar refractivity (Wildman–Crippen MR) is 65.0 cm³/mol. The highest BCUT2D eigenvalue weighted by Crippen LogP contribution is 2.06. The van der Waals surface area contributed by atoms with Crippen molar-refractivity contribution in [2.75, 3.05) is 6.54 Å². The molecule has 0 fully saturated rings. The Labute approximate surface area is 98.2 Å². The van der Waals surface area contributed by atoms with Crippen LogP contribution in [0.3, 0.4) is 0 Å². The van der Waals surface area contributed by atoms with Crippen LogP contribution in [-0.4, -0.2) is 24.4 Å². The van der Waals surface area contributed by atoms with E-state index < -0.39 is 0 Å². The molecule has 0 saturated heterocycles. The molecular formula is C12H24N2O2. The van der Waals surface area contributed by atoms with Gasteiger partial charge in [0.1, 0.15) is 0 Å². The zero-order valence-corrected chi connectivity index (χ0v) is 10.6. The van der Waals surface area contributed by atoms with Crippen LogP contribution >= 0.6 is 0 Å². The van der Waals surface area contributed by atoms with E-state index >= 15 is 0 Å². The van der Waals surface area contributed by atoms with Crippen molar-refractivity contribution in [2.45, 2.75) is 58.9 Å². The Morgan fingerprint density at radius 2 is 1.75 bits per heavy atom. The fraction of sp³-hybridized carbons (Fsp3) is 0.833. The summed E-state index contributed by atoms with van der Waals surface area (Å²) in [7, 11) is 0. The van der Waals surface area contributed by atoms with E-state index in [0.29, 0.717) is 6.04 Å². The van der Waals surface area contributed by atoms with E-state index in [1.54, 1.807) is 6.92 Å². The van der Waals surface area contributed by atoms with Crippen molar-refractivity contribution in [3.8, 4) is 0 Å². The molecular weight excluding hydrogens is 204 g/mol. The Balaban J connectivity index is 3.59. The average molecular weight is 228 g/mol. The predicted octanol–water partition coefficient (Wildman–Crippen LogP) is 1.60. The molecule has 0 heterocycles. The van der Waals surface area contributed by atoms with Gasteiger partial charge in [-0.05, 0) is 25.7 Å². The molecule has 0 spiro atoms. The quantitative estimate of drug-likeness (QED) is 0.620. The standard InChI is InChI=1S/C12H24N2O2/c1-4-7-12(14-11(3)16)8-5-6-9-13-10(2)15/h12H,4-9H2,1-3H3,(H,13,15)(H,14,16). The van der Waals surface area contributed by atoms with E-state index in [-0.39, 0.29) is 11.8 Å². The van der Waals surface area contributed by atoms with Crippen LogP contribution in [0.25, 0.3) is 0 Å². The molecule has 16 heavy (non-hydrogen) atoms. The van der Waals surface area contributed by atoms with E-state index in [1.165, 1.54) is 6.92 Å². The van der Waals surface area contributed by atoms with Crippen molar-refractivity contribution in [1.29, 1.82) is 0 Å². The third kappa shape index (κ3) is 9.49. The van der Waals surface area contributed by atoms with Crippen molar-refractivity contribution in [3.63, 3.8) is 0 Å². The number of carbonyl (C=O) groups excluding carboxylic acids is 2. The first-order chi connectivity index (χ1) is 7.56. The molecule has 0 radical (unpaired) electrons. The second kappa shape index (κ2) is 9.19. The molecule has 0 bridgehead atoms. The van der Waals surface area contributed by atoms with Crippen LogP contribution in [-0.2, 0) is 9.59 Å². The lowest BCUT2D eigenvalue weighted by molar-refractivity contribution is -0.120. The molecule has 0 aromatic heterocycles. The Morgan fingerprint density at radius 1 is 1.06 bits per heavy atom. The van der Waals surface area contributed by atoms with Crippen LogP contribution in [0.5, 0.6) is 0 Å². The minimum Gasteiger partial charge on any atom is -0.356 e. The highest BCUT2D eigenvalue weighted by Gasteiger charge is 2.07. The number of hydrogen-bond donors (Lipinski definition) is 2. The molecule has 1 atom stereocenters. The van der Waals surface area contributed by atoms with E-state index in [4.69, 9.17) is 0 Å². The van der Waals surface area contributed by atoms with Crippen LogP contribution in [0.1, 0.15) is 52.9 Å². The summed E-state index contributed by atoms with van der Waals surface area (Å²) >= 11 is 0. The normalized spacial score (nSPS) is 11.9. The van der Waals surface area contributed by atoms with Gasteiger partial charge in [-0.3, -0.25) is 9.59 Å². The number of hydrogen-bond acceptors (Lipinski definition) is 2. The van der Waals surface area contributed by atoms with Crippen LogP contribution < -0.4 is 10.6 Å². The van der Waals surface area contributed by atoms with Gasteiger partial charge in [0, 0.05) is 26.4 Å². The molecule has 0 aromatic carbocycles. The van der Waals surface area contributed by atoms with Gasteiger partial charge < -0.3 is 10.6 Å². The van der Waals surface area contributed by atoms with Crippen molar-refractivity contribution < 1.29 is 9.59 Å². The number of amides is 2. The minimum atomic E-state index is 0.0203. The SMILES string of the molecule is CCCC(CCCCNC(C)=O)NC(C)=O. The Kier molecular flexibility index (Phi) is 8.58. The van der Waals surface area contributed by atoms with Crippen LogP contribution in [0.2, 0.25) is 0 Å². The van der Waals surface area contributed by atoms with Gasteiger partial charge >= 0.3 is 0 Å². The van der Waals surface area contributed by atoms with E-state index in [2.05, 4.69) is 17.6 Å². The van der Waals surface area contributed by atoms with Gasteiger partial charge in [-0.2, -0.15) is 0 Å². The Bertz CT molecular complexity index is 217. The number of rotatable bonds is 8. The molecule has 4 nitrogen and oxygen atoms in total. The number of nitrogens with one attached hydrogen (secondary N) is 2. The number of unbranched alkanes of at least 4 members (excludes halogenated alkanes) is 1. The van der Waals surface area contributed by atoms with Gasteiger partial charge in [0.15, 0.2) is 0 Å². The highest BCUT2D eigenvalue weighted by atomic mass is 16.2. The third-order valence-corrected chi connectivity index (χ3v) is 2.40. The summed E-state index contributed by atoms with van der Waals surface area (Å²) in [6.45, 7) is 5.93. The lowest BCUT2D eigenvalue weighted by atomic mass is 10.0. The largest absolute Gasteiger partial charge is 0.356 e. The summed E-state index contributed by atoms with van der Waals surface area (Å²) in [5.74, 6) is 0.0623.